The van der Waals surface area contributed by atoms with Gasteiger partial charge in [0.2, 0.25) is 5.91 Å². The Kier molecular flexibility index (Phi) is 5.43. The van der Waals surface area contributed by atoms with Crippen LogP contribution in [0.4, 0.5) is 0 Å². The van der Waals surface area contributed by atoms with Crippen LogP contribution in [0.2, 0.25) is 0 Å². The maximum atomic E-state index is 13.2. The minimum Gasteiger partial charge on any atom is -0.480 e. The molecule has 2 N–H and O–H groups in total. The summed E-state index contributed by atoms with van der Waals surface area (Å²) >= 11 is 0. The van der Waals surface area contributed by atoms with Crippen molar-refractivity contribution in [2.45, 2.75) is 51.1 Å². The molecule has 144 valence electrons. The Labute approximate surface area is 155 Å². The molecule has 0 saturated carbocycles. The summed E-state index contributed by atoms with van der Waals surface area (Å²) in [4.78, 5) is 54.1. The Hall–Kier alpha value is -2.90. The molecule has 2 atom stereocenters. The van der Waals surface area contributed by atoms with Crippen molar-refractivity contribution in [1.29, 1.82) is 0 Å². The molecule has 1 saturated heterocycles. The third-order valence-corrected chi connectivity index (χ3v) is 5.09. The molecule has 1 amide bonds. The monoisotopic (exact) mass is 373 g/mol. The molecule has 27 heavy (non-hydrogen) atoms. The number of rotatable bonds is 6. The summed E-state index contributed by atoms with van der Waals surface area (Å²) in [5.41, 5.74) is -0.774. The summed E-state index contributed by atoms with van der Waals surface area (Å²) in [6.07, 6.45) is 2.70. The summed E-state index contributed by atoms with van der Waals surface area (Å²) in [7, 11) is 0. The first kappa shape index (κ1) is 18.9. The van der Waals surface area contributed by atoms with Crippen molar-refractivity contribution >= 4 is 22.8 Å². The number of nitrogens with one attached hydrogen (secondary N) is 1. The molecule has 1 aliphatic rings. The predicted molar refractivity (Wildman–Crippen MR) is 99.8 cm³/mol. The Morgan fingerprint density at radius 2 is 2.04 bits per heavy atom. The summed E-state index contributed by atoms with van der Waals surface area (Å²) in [6, 6.07) is 4.72. The molecule has 1 aliphatic heterocycles. The second-order valence-corrected chi connectivity index (χ2v) is 6.84. The van der Waals surface area contributed by atoms with E-state index in [-0.39, 0.29) is 0 Å². The summed E-state index contributed by atoms with van der Waals surface area (Å²) in [5, 5.41) is 9.70. The third kappa shape index (κ3) is 3.51. The smallest absolute Gasteiger partial charge is 0.329 e. The number of aromatic nitrogens is 2. The van der Waals surface area contributed by atoms with Gasteiger partial charge in [-0.2, -0.15) is 0 Å². The standard InChI is InChI=1S/C19H23N3O5/c1-2-3-9-14(17(24)21-11-6-10-15(21)18(25)26)22-16(23)12-7-4-5-8-13(12)20-19(22)27/h4-5,7-8,14-15H,2-3,6,9-11H2,1H3,(H,20,27)(H,25,26)/t14-,15-/m1/s1. The fraction of sp³-hybridized carbons (Fsp3) is 0.474. The van der Waals surface area contributed by atoms with Gasteiger partial charge in [-0.1, -0.05) is 31.9 Å². The van der Waals surface area contributed by atoms with Gasteiger partial charge >= 0.3 is 11.7 Å². The van der Waals surface area contributed by atoms with Crippen molar-refractivity contribution < 1.29 is 14.7 Å². The number of carboxylic acid groups (broad SMARTS) is 1. The van der Waals surface area contributed by atoms with Crippen LogP contribution in [0.25, 0.3) is 10.9 Å². The molecule has 0 radical (unpaired) electrons. The van der Waals surface area contributed by atoms with E-state index in [1.165, 1.54) is 4.90 Å². The van der Waals surface area contributed by atoms with Gasteiger partial charge < -0.3 is 15.0 Å². The molecule has 1 aromatic carbocycles. The van der Waals surface area contributed by atoms with Crippen molar-refractivity contribution in [1.82, 2.24) is 14.5 Å². The zero-order valence-corrected chi connectivity index (χ0v) is 15.2. The van der Waals surface area contributed by atoms with Crippen LogP contribution >= 0.6 is 0 Å². The number of carbonyl (C=O) groups excluding carboxylic acids is 1. The summed E-state index contributed by atoms with van der Waals surface area (Å²) < 4.78 is 0.956. The van der Waals surface area contributed by atoms with E-state index >= 15 is 0 Å². The molecular weight excluding hydrogens is 350 g/mol. The van der Waals surface area contributed by atoms with Gasteiger partial charge in [-0.3, -0.25) is 9.59 Å². The number of amides is 1. The number of benzene rings is 1. The molecule has 1 aromatic heterocycles. The minimum atomic E-state index is -1.06. The quantitative estimate of drug-likeness (QED) is 0.797. The van der Waals surface area contributed by atoms with E-state index < -0.39 is 35.2 Å². The highest BCUT2D eigenvalue weighted by Gasteiger charge is 2.38. The van der Waals surface area contributed by atoms with E-state index in [0.717, 1.165) is 11.0 Å². The number of H-pyrrole nitrogens is 1. The molecule has 0 spiro atoms. The van der Waals surface area contributed by atoms with Gasteiger partial charge in [-0.05, 0) is 31.4 Å². The molecule has 2 aromatic rings. The Balaban J connectivity index is 2.09. The number of carbonyl (C=O) groups is 2. The van der Waals surface area contributed by atoms with Crippen LogP contribution in [-0.4, -0.2) is 44.0 Å². The number of carboxylic acids is 1. The number of aromatic amines is 1. The van der Waals surface area contributed by atoms with E-state index in [1.54, 1.807) is 24.3 Å². The molecule has 0 unspecified atom stereocenters. The second kappa shape index (κ2) is 7.77. The van der Waals surface area contributed by atoms with E-state index in [4.69, 9.17) is 0 Å². The van der Waals surface area contributed by atoms with E-state index in [0.29, 0.717) is 43.1 Å². The number of nitrogens with zero attached hydrogens (tertiary/aromatic N) is 2. The van der Waals surface area contributed by atoms with Gasteiger partial charge in [0, 0.05) is 6.54 Å². The Bertz CT molecular complexity index is 977. The summed E-state index contributed by atoms with van der Waals surface area (Å²) in [5.74, 6) is -1.54. The second-order valence-electron chi connectivity index (χ2n) is 6.84. The average Bonchev–Trinajstić information content (AvgIpc) is 3.14. The molecule has 1 fully saturated rings. The molecule has 2 heterocycles. The lowest BCUT2D eigenvalue weighted by atomic mass is 10.1. The van der Waals surface area contributed by atoms with Crippen LogP contribution in [-0.2, 0) is 9.59 Å². The topological polar surface area (TPSA) is 112 Å². The van der Waals surface area contributed by atoms with Crippen molar-refractivity contribution in [3.8, 4) is 0 Å². The van der Waals surface area contributed by atoms with Crippen LogP contribution in [0, 0.1) is 0 Å². The van der Waals surface area contributed by atoms with Gasteiger partial charge in [0.05, 0.1) is 10.9 Å². The number of aliphatic carboxylic acids is 1. The van der Waals surface area contributed by atoms with Crippen molar-refractivity contribution in [2.75, 3.05) is 6.54 Å². The zero-order valence-electron chi connectivity index (χ0n) is 15.2. The highest BCUT2D eigenvalue weighted by molar-refractivity contribution is 5.87. The lowest BCUT2D eigenvalue weighted by Crippen LogP contribution is -2.49. The van der Waals surface area contributed by atoms with Gasteiger partial charge in [0.15, 0.2) is 0 Å². The zero-order chi connectivity index (χ0) is 19.6. The Morgan fingerprint density at radius 3 is 2.74 bits per heavy atom. The molecule has 0 aliphatic carbocycles. The number of likely N-dealkylation sites (tertiary alicyclic amines) is 1. The first-order chi connectivity index (χ1) is 13.0. The number of unbranched alkanes of at least 4 members (excludes halogenated alkanes) is 1. The third-order valence-electron chi connectivity index (χ3n) is 5.09. The molecule has 0 bridgehead atoms. The van der Waals surface area contributed by atoms with Crippen LogP contribution in [0.5, 0.6) is 0 Å². The Morgan fingerprint density at radius 1 is 1.30 bits per heavy atom. The van der Waals surface area contributed by atoms with Crippen LogP contribution < -0.4 is 11.2 Å². The highest BCUT2D eigenvalue weighted by Crippen LogP contribution is 2.24. The number of hydrogen-bond acceptors (Lipinski definition) is 4. The maximum absolute atomic E-state index is 13.2. The van der Waals surface area contributed by atoms with Gasteiger partial charge in [-0.15, -0.1) is 0 Å². The van der Waals surface area contributed by atoms with Gasteiger partial charge in [0.25, 0.3) is 5.56 Å². The lowest BCUT2D eigenvalue weighted by molar-refractivity contribution is -0.149. The lowest BCUT2D eigenvalue weighted by Gasteiger charge is -2.27. The maximum Gasteiger partial charge on any atom is 0.329 e. The highest BCUT2D eigenvalue weighted by atomic mass is 16.4. The van der Waals surface area contributed by atoms with E-state index in [2.05, 4.69) is 4.98 Å². The minimum absolute atomic E-state index is 0.305. The van der Waals surface area contributed by atoms with Gasteiger partial charge in [0.1, 0.15) is 12.1 Å². The molecule has 8 nitrogen and oxygen atoms in total. The van der Waals surface area contributed by atoms with E-state index in [1.807, 2.05) is 6.92 Å². The molecular formula is C19H23N3O5. The largest absolute Gasteiger partial charge is 0.480 e. The first-order valence-corrected chi connectivity index (χ1v) is 9.22. The average molecular weight is 373 g/mol. The fourth-order valence-electron chi connectivity index (χ4n) is 3.70. The van der Waals surface area contributed by atoms with Crippen LogP contribution in [0.1, 0.15) is 45.1 Å². The van der Waals surface area contributed by atoms with Crippen molar-refractivity contribution in [3.05, 3.63) is 45.1 Å². The first-order valence-electron chi connectivity index (χ1n) is 9.22. The molecule has 3 rings (SSSR count). The van der Waals surface area contributed by atoms with Crippen molar-refractivity contribution in [2.24, 2.45) is 0 Å². The van der Waals surface area contributed by atoms with Crippen LogP contribution in [0.15, 0.2) is 33.9 Å². The van der Waals surface area contributed by atoms with Crippen molar-refractivity contribution in [3.63, 3.8) is 0 Å². The van der Waals surface area contributed by atoms with Crippen LogP contribution in [0.3, 0.4) is 0 Å². The van der Waals surface area contributed by atoms with E-state index in [9.17, 15) is 24.3 Å². The summed E-state index contributed by atoms with van der Waals surface area (Å²) in [6.45, 7) is 2.27. The number of hydrogen-bond donors (Lipinski definition) is 2. The predicted octanol–water partition coefficient (Wildman–Crippen LogP) is 1.50. The van der Waals surface area contributed by atoms with Gasteiger partial charge in [-0.25, -0.2) is 14.2 Å². The normalized spacial score (nSPS) is 18.0. The number of para-hydroxylation sites is 1. The molecule has 8 heteroatoms. The SMILES string of the molecule is CCCC[C@H](C(=O)N1CCC[C@@H]1C(=O)O)n1c(=O)[nH]c2ccccc2c1=O. The fourth-order valence-corrected chi connectivity index (χ4v) is 3.70. The number of fused-ring (bicyclic) bond motifs is 1.